The molecule has 0 saturated heterocycles. The molecule has 8 bridgehead atoms. The maximum atomic E-state index is 11.9. The van der Waals surface area contributed by atoms with Crippen LogP contribution in [0.25, 0.3) is 46.4 Å². The standard InChI is InChI=1S/C20H14N4.C6H5O12S4.C6H5.Zn/c1-2-14-10-16-5-6-18(23-16)12-20-8-7-19(24-20)11-17-4-3-15(22-17)9-13(1)21-14;7-19(8,9)3-1-2-4(20(10,11)12)6(22(16,17)18)5(3)21(13,14)15;1-2-4-6-5-3-1;/h1-12,21,24H;1H,(H,7,8,9)(H,10,11,12)(H,13,14,15)(H,16,17,18);1-5H;. The van der Waals surface area contributed by atoms with Gasteiger partial charge in [0.2, 0.25) is 0 Å². The van der Waals surface area contributed by atoms with Crippen LogP contribution in [0.15, 0.2) is 105 Å². The zero-order valence-electron chi connectivity index (χ0n) is 26.7. The van der Waals surface area contributed by atoms with Crippen molar-refractivity contribution in [1.29, 1.82) is 0 Å². The van der Waals surface area contributed by atoms with E-state index in [0.717, 1.165) is 44.8 Å². The number of rotatable bonds is 6. The molecule has 53 heavy (non-hydrogen) atoms. The molecule has 2 aromatic carbocycles. The molecule has 2 aliphatic rings. The van der Waals surface area contributed by atoms with Gasteiger partial charge in [-0.05, 0) is 72.8 Å². The Bertz CT molecular complexity index is 2800. The predicted octanol–water partition coefficient (Wildman–Crippen LogP) is 3.36. The number of aromatic nitrogens is 4. The molecule has 21 heteroatoms. The summed E-state index contributed by atoms with van der Waals surface area (Å²) in [6, 6.07) is 24.3. The first kappa shape index (κ1) is 38.0. The molecule has 0 aliphatic carbocycles. The summed E-state index contributed by atoms with van der Waals surface area (Å²) in [6.07, 6.45) is 8.09. The fraction of sp³-hybridized carbons (Fsp3) is 0. The van der Waals surface area contributed by atoms with Gasteiger partial charge in [0.25, 0.3) is 0 Å². The van der Waals surface area contributed by atoms with Gasteiger partial charge in [-0.1, -0.05) is 0 Å². The van der Waals surface area contributed by atoms with Crippen molar-refractivity contribution < 1.29 is 69.0 Å². The maximum absolute atomic E-state index is 11.9. The molecule has 5 aromatic rings. The Morgan fingerprint density at radius 2 is 0.830 bits per heavy atom. The van der Waals surface area contributed by atoms with Crippen LogP contribution in [0.3, 0.4) is 0 Å². The third-order valence-electron chi connectivity index (χ3n) is 7.56. The second kappa shape index (κ2) is 14.3. The van der Waals surface area contributed by atoms with Crippen LogP contribution in [0.2, 0.25) is 0 Å². The molecule has 0 radical (unpaired) electrons. The SMILES string of the molecule is C1=Cc2cc3ccc(cc4nc(cc5ccc(cc1n2)[nH]5)C=C4)[nH]3.O=S(=O)(O)c1c[c]([Zn][c]2ccccc2)c(S(=O)(=O)O)c(S(=O)(=O)O)c1S(=O)(=O)O. The number of benzene rings is 2. The van der Waals surface area contributed by atoms with Crippen LogP contribution in [0.5, 0.6) is 0 Å². The van der Waals surface area contributed by atoms with E-state index in [1.54, 1.807) is 6.07 Å². The van der Waals surface area contributed by atoms with E-state index < -0.39 is 81.3 Å². The van der Waals surface area contributed by atoms with Crippen molar-refractivity contribution in [3.63, 3.8) is 0 Å². The average Bonchev–Trinajstić information content (AvgIpc) is 3.86. The van der Waals surface area contributed by atoms with Gasteiger partial charge in [-0.25, -0.2) is 9.97 Å². The van der Waals surface area contributed by atoms with Gasteiger partial charge >= 0.3 is 174 Å². The van der Waals surface area contributed by atoms with Crippen molar-refractivity contribution in [2.75, 3.05) is 0 Å². The fourth-order valence-electron chi connectivity index (χ4n) is 5.49. The Morgan fingerprint density at radius 1 is 0.453 bits per heavy atom. The number of H-pyrrole nitrogens is 2. The van der Waals surface area contributed by atoms with Gasteiger partial charge in [-0.3, -0.25) is 0 Å². The van der Waals surface area contributed by atoms with E-state index in [1.807, 2.05) is 48.6 Å². The van der Waals surface area contributed by atoms with Crippen molar-refractivity contribution >= 4 is 95.2 Å². The van der Waals surface area contributed by atoms with Crippen LogP contribution in [0.1, 0.15) is 22.8 Å². The number of fused-ring (bicyclic) bond motifs is 8. The van der Waals surface area contributed by atoms with Crippen LogP contribution in [-0.2, 0) is 57.6 Å². The van der Waals surface area contributed by atoms with Crippen LogP contribution >= 0.6 is 0 Å². The molecule has 270 valence electrons. The minimum absolute atomic E-state index is 0.337. The minimum atomic E-state index is -5.85. The Hall–Kier alpha value is -4.70. The Balaban J connectivity index is 0.000000184. The normalized spacial score (nSPS) is 12.9. The summed E-state index contributed by atoms with van der Waals surface area (Å²) in [4.78, 5) is 8.58. The molecule has 0 unspecified atom stereocenters. The zero-order valence-corrected chi connectivity index (χ0v) is 32.9. The molecular formula is C32H24N4O12S4Zn. The molecule has 16 nitrogen and oxygen atoms in total. The van der Waals surface area contributed by atoms with Crippen LogP contribution in [0.4, 0.5) is 0 Å². The molecule has 3 aromatic heterocycles. The van der Waals surface area contributed by atoms with Crippen molar-refractivity contribution in [3.05, 3.63) is 108 Å². The van der Waals surface area contributed by atoms with E-state index >= 15 is 0 Å². The van der Waals surface area contributed by atoms with Gasteiger partial charge in [-0.2, -0.15) is 0 Å². The summed E-state index contributed by atoms with van der Waals surface area (Å²) < 4.78 is 131. The number of aromatic amines is 2. The van der Waals surface area contributed by atoms with E-state index in [2.05, 4.69) is 44.2 Å². The summed E-state index contributed by atoms with van der Waals surface area (Å²) >= 11 is -2.67. The van der Waals surface area contributed by atoms with Crippen molar-refractivity contribution in [3.8, 4) is 0 Å². The zero-order chi connectivity index (χ0) is 38.3. The van der Waals surface area contributed by atoms with E-state index in [-0.39, 0.29) is 0 Å². The van der Waals surface area contributed by atoms with Crippen molar-refractivity contribution in [1.82, 2.24) is 19.9 Å². The second-order valence-corrected chi connectivity index (χ2v) is 21.0. The Labute approximate surface area is 309 Å². The summed E-state index contributed by atoms with van der Waals surface area (Å²) in [5.74, 6) is 0. The molecule has 5 heterocycles. The number of hydrogen-bond acceptors (Lipinski definition) is 10. The first-order valence-corrected chi connectivity index (χ1v) is 23.6. The molecule has 0 atom stereocenters. The van der Waals surface area contributed by atoms with Crippen molar-refractivity contribution in [2.45, 2.75) is 19.6 Å². The number of nitrogens with zero attached hydrogens (tertiary/aromatic N) is 2. The molecule has 7 rings (SSSR count). The Morgan fingerprint density at radius 3 is 1.17 bits per heavy atom. The van der Waals surface area contributed by atoms with E-state index in [4.69, 9.17) is 0 Å². The fourth-order valence-corrected chi connectivity index (χ4v) is 15.7. The van der Waals surface area contributed by atoms with Gasteiger partial charge in [-0.15, -0.1) is 0 Å². The van der Waals surface area contributed by atoms with Gasteiger partial charge in [0.15, 0.2) is 0 Å². The van der Waals surface area contributed by atoms with E-state index in [0.29, 0.717) is 10.2 Å². The topological polar surface area (TPSA) is 275 Å². The first-order valence-electron chi connectivity index (χ1n) is 14.9. The van der Waals surface area contributed by atoms with Crippen LogP contribution in [-0.4, -0.2) is 71.8 Å². The Kier molecular flexibility index (Phi) is 10.2. The molecular weight excluding hydrogens is 826 g/mol. The van der Waals surface area contributed by atoms with Gasteiger partial charge in [0.1, 0.15) is 0 Å². The van der Waals surface area contributed by atoms with Crippen LogP contribution in [0, 0.1) is 0 Å². The van der Waals surface area contributed by atoms with E-state index in [9.17, 15) is 51.9 Å². The molecule has 0 amide bonds. The quantitative estimate of drug-likeness (QED) is 0.103. The summed E-state index contributed by atoms with van der Waals surface area (Å²) in [7, 11) is -22.8. The average molecular weight is 850 g/mol. The van der Waals surface area contributed by atoms with Gasteiger partial charge in [0, 0.05) is 22.1 Å². The third-order valence-corrected chi connectivity index (χ3v) is 16.0. The summed E-state index contributed by atoms with van der Waals surface area (Å²) in [5, 5.41) is 0. The number of nitrogens with one attached hydrogen (secondary N) is 2. The monoisotopic (exact) mass is 848 g/mol. The van der Waals surface area contributed by atoms with Crippen LogP contribution < -0.4 is 8.32 Å². The molecule has 2 aliphatic heterocycles. The van der Waals surface area contributed by atoms with E-state index in [1.165, 1.54) is 24.3 Å². The molecule has 6 N–H and O–H groups in total. The van der Waals surface area contributed by atoms with Gasteiger partial charge in [0.05, 0.1) is 22.8 Å². The second-order valence-electron chi connectivity index (χ2n) is 11.5. The molecule has 0 saturated carbocycles. The van der Waals surface area contributed by atoms with Gasteiger partial charge < -0.3 is 9.97 Å². The number of hydrogen-bond donors (Lipinski definition) is 6. The summed E-state index contributed by atoms with van der Waals surface area (Å²) in [6.45, 7) is 0. The summed E-state index contributed by atoms with van der Waals surface area (Å²) in [5.41, 5.74) is 7.86. The predicted molar refractivity (Wildman–Crippen MR) is 190 cm³/mol. The molecule has 0 fully saturated rings. The third kappa shape index (κ3) is 9.10. The van der Waals surface area contributed by atoms with Crippen molar-refractivity contribution in [2.24, 2.45) is 0 Å². The first-order chi connectivity index (χ1) is 24.7. The molecule has 0 spiro atoms.